The minimum Gasteiger partial charge on any atom is -0.176 e. The fraction of sp³-hybridized carbons (Fsp3) is 0.273. The summed E-state index contributed by atoms with van der Waals surface area (Å²) >= 11 is 0. The van der Waals surface area contributed by atoms with Gasteiger partial charge in [-0.2, -0.15) is 13.2 Å². The Morgan fingerprint density at radius 2 is 1.60 bits per heavy atom. The molecule has 0 aromatic heterocycles. The van der Waals surface area contributed by atoms with Crippen molar-refractivity contribution < 1.29 is 13.2 Å². The maximum atomic E-state index is 12.5. The molecule has 0 nitrogen and oxygen atoms in total. The van der Waals surface area contributed by atoms with E-state index in [2.05, 4.69) is 0 Å². The Bertz CT molecular complexity index is 339. The highest BCUT2D eigenvalue weighted by Gasteiger charge is 2.47. The van der Waals surface area contributed by atoms with Crippen LogP contribution in [-0.4, -0.2) is 13.9 Å². The molecule has 0 bridgehead atoms. The van der Waals surface area contributed by atoms with Gasteiger partial charge in [-0.05, 0) is 5.56 Å². The van der Waals surface area contributed by atoms with E-state index < -0.39 is 13.9 Å². The average Bonchev–Trinajstić information content (AvgIpc) is 2.15. The maximum absolute atomic E-state index is 12.5. The molecule has 0 atom stereocenters. The number of hydrogen-bond acceptors (Lipinski definition) is 0. The largest absolute Gasteiger partial charge is 0.365 e. The molecule has 0 heterocycles. The second kappa shape index (κ2) is 4.22. The summed E-state index contributed by atoms with van der Waals surface area (Å²) in [5.74, 6) is -4.07. The highest BCUT2D eigenvalue weighted by atomic mass is 28.3. The molecule has 0 unspecified atom stereocenters. The smallest absolute Gasteiger partial charge is 0.176 e. The van der Waals surface area contributed by atoms with Gasteiger partial charge in [0.25, 0.3) is 0 Å². The van der Waals surface area contributed by atoms with E-state index in [1.807, 2.05) is 18.2 Å². The van der Waals surface area contributed by atoms with Crippen molar-refractivity contribution in [3.8, 4) is 0 Å². The molecule has 82 valence electrons. The molecule has 0 radical (unpaired) electrons. The van der Waals surface area contributed by atoms with Gasteiger partial charge < -0.3 is 0 Å². The predicted molar refractivity (Wildman–Crippen MR) is 59.0 cm³/mol. The van der Waals surface area contributed by atoms with Crippen molar-refractivity contribution in [2.45, 2.75) is 18.9 Å². The first-order chi connectivity index (χ1) is 6.83. The number of benzene rings is 1. The lowest BCUT2D eigenvalue weighted by Gasteiger charge is -2.21. The Balaban J connectivity index is 2.83. The van der Waals surface area contributed by atoms with Crippen molar-refractivity contribution in [3.63, 3.8) is 0 Å². The summed E-state index contributed by atoms with van der Waals surface area (Å²) in [7, 11) is -3.27. The number of halogens is 3. The summed E-state index contributed by atoms with van der Waals surface area (Å²) in [6.45, 7) is 2.60. The van der Waals surface area contributed by atoms with Gasteiger partial charge in [0.1, 0.15) is 0 Å². The summed E-state index contributed by atoms with van der Waals surface area (Å²) in [4.78, 5) is 0. The minimum absolute atomic E-state index is 0.808. The lowest BCUT2D eigenvalue weighted by atomic mass is 10.2. The maximum Gasteiger partial charge on any atom is 0.365 e. The van der Waals surface area contributed by atoms with Crippen LogP contribution >= 0.6 is 0 Å². The molecule has 4 heteroatoms. The van der Waals surface area contributed by atoms with E-state index in [1.54, 1.807) is 18.2 Å². The molecule has 0 N–H and O–H groups in total. The van der Waals surface area contributed by atoms with Gasteiger partial charge in [-0.3, -0.25) is 0 Å². The van der Waals surface area contributed by atoms with Gasteiger partial charge in [-0.15, -0.1) is 0 Å². The van der Waals surface area contributed by atoms with Gasteiger partial charge in [0.2, 0.25) is 0 Å². The molecule has 1 rings (SSSR count). The van der Waals surface area contributed by atoms with Crippen LogP contribution in [0.5, 0.6) is 0 Å². The van der Waals surface area contributed by atoms with Crippen LogP contribution in [0, 0.1) is 0 Å². The van der Waals surface area contributed by atoms with Crippen LogP contribution in [0.3, 0.4) is 0 Å². The molecule has 1 aromatic rings. The van der Waals surface area contributed by atoms with Crippen LogP contribution in [0.15, 0.2) is 36.0 Å². The zero-order valence-electron chi connectivity index (χ0n) is 8.68. The first-order valence-electron chi connectivity index (χ1n) is 4.64. The molecule has 0 fully saturated rings. The third kappa shape index (κ3) is 3.23. The van der Waals surface area contributed by atoms with Crippen molar-refractivity contribution in [2.75, 3.05) is 0 Å². The minimum atomic E-state index is -4.07. The molecule has 0 amide bonds. The van der Waals surface area contributed by atoms with Gasteiger partial charge >= 0.3 is 5.80 Å². The monoisotopic (exact) mass is 230 g/mol. The molecule has 0 aliphatic heterocycles. The van der Waals surface area contributed by atoms with Crippen molar-refractivity contribution in [3.05, 3.63) is 41.6 Å². The molecular weight excluding hydrogens is 217 g/mol. The lowest BCUT2D eigenvalue weighted by Crippen LogP contribution is -2.42. The molecule has 0 saturated carbocycles. The Labute approximate surface area is 88.4 Å². The average molecular weight is 230 g/mol. The Kier molecular flexibility index (Phi) is 3.39. The highest BCUT2D eigenvalue weighted by molar-refractivity contribution is 6.84. The Morgan fingerprint density at radius 1 is 1.07 bits per heavy atom. The van der Waals surface area contributed by atoms with Gasteiger partial charge in [0.15, 0.2) is 8.07 Å². The zero-order valence-corrected chi connectivity index (χ0v) is 9.68. The standard InChI is InChI=1S/C11H13F3Si/c1-15(2,11(12,13)14)9-8-10-6-4-3-5-7-10/h3-9H,1-2H3. The van der Waals surface area contributed by atoms with E-state index >= 15 is 0 Å². The van der Waals surface area contributed by atoms with Gasteiger partial charge in [-0.1, -0.05) is 55.2 Å². The second-order valence-corrected chi connectivity index (χ2v) is 8.31. The van der Waals surface area contributed by atoms with Crippen LogP contribution in [-0.2, 0) is 0 Å². The van der Waals surface area contributed by atoms with Crippen molar-refractivity contribution >= 4 is 14.1 Å². The first-order valence-corrected chi connectivity index (χ1v) is 7.72. The molecule has 0 saturated heterocycles. The van der Waals surface area contributed by atoms with E-state index in [1.165, 1.54) is 18.8 Å². The quantitative estimate of drug-likeness (QED) is 0.672. The molecule has 1 aromatic carbocycles. The van der Waals surface area contributed by atoms with Crippen LogP contribution in [0.4, 0.5) is 13.2 Å². The van der Waals surface area contributed by atoms with E-state index in [4.69, 9.17) is 0 Å². The van der Waals surface area contributed by atoms with Gasteiger partial charge in [0, 0.05) is 0 Å². The summed E-state index contributed by atoms with van der Waals surface area (Å²) in [5.41, 5.74) is 2.13. The van der Waals surface area contributed by atoms with E-state index in [-0.39, 0.29) is 0 Å². The van der Waals surface area contributed by atoms with Crippen molar-refractivity contribution in [1.82, 2.24) is 0 Å². The molecule has 15 heavy (non-hydrogen) atoms. The topological polar surface area (TPSA) is 0 Å². The summed E-state index contributed by atoms with van der Waals surface area (Å²) < 4.78 is 37.6. The van der Waals surface area contributed by atoms with Crippen LogP contribution in [0.2, 0.25) is 13.1 Å². The number of alkyl halides is 3. The van der Waals surface area contributed by atoms with Gasteiger partial charge in [-0.25, -0.2) is 0 Å². The number of hydrogen-bond donors (Lipinski definition) is 0. The summed E-state index contributed by atoms with van der Waals surface area (Å²) in [6, 6.07) is 9.03. The van der Waals surface area contributed by atoms with Crippen LogP contribution in [0.25, 0.3) is 6.08 Å². The fourth-order valence-electron chi connectivity index (χ4n) is 0.963. The van der Waals surface area contributed by atoms with E-state index in [9.17, 15) is 13.2 Å². The highest BCUT2D eigenvalue weighted by Crippen LogP contribution is 2.29. The third-order valence-corrected chi connectivity index (χ3v) is 4.68. The van der Waals surface area contributed by atoms with E-state index in [0.717, 1.165) is 5.56 Å². The van der Waals surface area contributed by atoms with Crippen LogP contribution in [0.1, 0.15) is 5.56 Å². The van der Waals surface area contributed by atoms with Crippen molar-refractivity contribution in [2.24, 2.45) is 0 Å². The van der Waals surface area contributed by atoms with Crippen molar-refractivity contribution in [1.29, 1.82) is 0 Å². The van der Waals surface area contributed by atoms with E-state index in [0.29, 0.717) is 0 Å². The first kappa shape index (κ1) is 12.0. The van der Waals surface area contributed by atoms with Crippen LogP contribution < -0.4 is 0 Å². The molecule has 0 aliphatic rings. The molecule has 0 spiro atoms. The predicted octanol–water partition coefficient (Wildman–Crippen LogP) is 4.05. The Morgan fingerprint density at radius 3 is 2.07 bits per heavy atom. The molecule has 0 aliphatic carbocycles. The normalized spacial score (nSPS) is 13.4. The Hall–Kier alpha value is -1.03. The number of rotatable bonds is 2. The summed E-state index contributed by atoms with van der Waals surface area (Å²) in [6.07, 6.45) is 1.56. The third-order valence-electron chi connectivity index (χ3n) is 2.22. The zero-order chi connectivity index (χ0) is 11.5. The fourth-order valence-corrected chi connectivity index (χ4v) is 1.76. The SMILES string of the molecule is C[Si](C)(C=Cc1ccccc1)C(F)(F)F. The second-order valence-electron chi connectivity index (χ2n) is 3.96. The lowest BCUT2D eigenvalue weighted by molar-refractivity contribution is -0.0542. The molecular formula is C11H13F3Si. The summed E-state index contributed by atoms with van der Waals surface area (Å²) in [5, 5.41) is 0. The van der Waals surface area contributed by atoms with Gasteiger partial charge in [0.05, 0.1) is 0 Å².